The standard InChI is InChI=1S/C14H12Br2FNO/c1-19-14-7-10(3-4-11(14)15)18-8-9-2-5-13(17)12(16)6-9/h2-7,18H,8H2,1H3. The van der Waals surface area contributed by atoms with Crippen molar-refractivity contribution in [1.82, 2.24) is 0 Å². The minimum atomic E-state index is -0.255. The largest absolute Gasteiger partial charge is 0.495 e. The van der Waals surface area contributed by atoms with Crippen molar-refractivity contribution in [2.75, 3.05) is 12.4 Å². The smallest absolute Gasteiger partial charge is 0.137 e. The van der Waals surface area contributed by atoms with Gasteiger partial charge in [0.05, 0.1) is 16.1 Å². The van der Waals surface area contributed by atoms with Gasteiger partial charge in [0.15, 0.2) is 0 Å². The molecule has 0 atom stereocenters. The molecule has 5 heteroatoms. The van der Waals surface area contributed by atoms with Crippen molar-refractivity contribution >= 4 is 37.5 Å². The SMILES string of the molecule is COc1cc(NCc2ccc(F)c(Br)c2)ccc1Br. The highest BCUT2D eigenvalue weighted by molar-refractivity contribution is 9.10. The van der Waals surface area contributed by atoms with Crippen molar-refractivity contribution in [3.05, 3.63) is 56.7 Å². The van der Waals surface area contributed by atoms with Gasteiger partial charge in [0.25, 0.3) is 0 Å². The van der Waals surface area contributed by atoms with E-state index in [2.05, 4.69) is 37.2 Å². The lowest BCUT2D eigenvalue weighted by molar-refractivity contribution is 0.412. The Labute approximate surface area is 128 Å². The van der Waals surface area contributed by atoms with E-state index in [9.17, 15) is 4.39 Å². The van der Waals surface area contributed by atoms with E-state index in [0.717, 1.165) is 21.5 Å². The first-order valence-corrected chi connectivity index (χ1v) is 7.20. The Morgan fingerprint density at radius 3 is 2.58 bits per heavy atom. The van der Waals surface area contributed by atoms with E-state index in [1.807, 2.05) is 18.2 Å². The molecule has 2 rings (SSSR count). The van der Waals surface area contributed by atoms with Gasteiger partial charge < -0.3 is 10.1 Å². The second-order valence-electron chi connectivity index (χ2n) is 3.95. The van der Waals surface area contributed by atoms with Crippen LogP contribution in [0.15, 0.2) is 45.3 Å². The first-order chi connectivity index (χ1) is 9.10. The number of anilines is 1. The minimum absolute atomic E-state index is 0.255. The van der Waals surface area contributed by atoms with Crippen molar-refractivity contribution < 1.29 is 9.13 Å². The van der Waals surface area contributed by atoms with Gasteiger partial charge in [0.1, 0.15) is 11.6 Å². The highest BCUT2D eigenvalue weighted by Gasteiger charge is 2.03. The van der Waals surface area contributed by atoms with E-state index in [0.29, 0.717) is 11.0 Å². The molecular weight excluding hydrogens is 377 g/mol. The van der Waals surface area contributed by atoms with Crippen LogP contribution in [-0.2, 0) is 6.54 Å². The Morgan fingerprint density at radius 1 is 1.11 bits per heavy atom. The molecule has 0 aliphatic rings. The van der Waals surface area contributed by atoms with Crippen molar-refractivity contribution in [3.8, 4) is 5.75 Å². The summed E-state index contributed by atoms with van der Waals surface area (Å²) in [5.74, 6) is 0.513. The van der Waals surface area contributed by atoms with E-state index in [1.165, 1.54) is 6.07 Å². The van der Waals surface area contributed by atoms with Crippen molar-refractivity contribution in [3.63, 3.8) is 0 Å². The maximum Gasteiger partial charge on any atom is 0.137 e. The molecule has 2 aromatic carbocycles. The Bertz CT molecular complexity index is 590. The Kier molecular flexibility index (Phi) is 4.82. The average molecular weight is 389 g/mol. The number of halogens is 3. The number of ether oxygens (including phenoxy) is 1. The second-order valence-corrected chi connectivity index (χ2v) is 5.66. The summed E-state index contributed by atoms with van der Waals surface area (Å²) in [5, 5.41) is 3.27. The van der Waals surface area contributed by atoms with Crippen LogP contribution in [0.1, 0.15) is 5.56 Å². The predicted octanol–water partition coefficient (Wildman–Crippen LogP) is 4.97. The van der Waals surface area contributed by atoms with Crippen LogP contribution < -0.4 is 10.1 Å². The average Bonchev–Trinajstić information content (AvgIpc) is 2.41. The molecule has 0 aliphatic heterocycles. The van der Waals surface area contributed by atoms with Crippen molar-refractivity contribution in [1.29, 1.82) is 0 Å². The van der Waals surface area contributed by atoms with E-state index in [-0.39, 0.29) is 5.82 Å². The fourth-order valence-corrected chi connectivity index (χ4v) is 2.46. The molecule has 2 nitrogen and oxygen atoms in total. The van der Waals surface area contributed by atoms with Crippen LogP contribution in [-0.4, -0.2) is 7.11 Å². The molecule has 0 aromatic heterocycles. The normalized spacial score (nSPS) is 10.3. The first kappa shape index (κ1) is 14.3. The third-order valence-electron chi connectivity index (χ3n) is 2.63. The third-order valence-corrected chi connectivity index (χ3v) is 3.89. The number of benzene rings is 2. The molecule has 0 fully saturated rings. The summed E-state index contributed by atoms with van der Waals surface area (Å²) in [6, 6.07) is 10.7. The first-order valence-electron chi connectivity index (χ1n) is 5.61. The van der Waals surface area contributed by atoms with Gasteiger partial charge in [-0.1, -0.05) is 6.07 Å². The van der Waals surface area contributed by atoms with Gasteiger partial charge in [-0.15, -0.1) is 0 Å². The topological polar surface area (TPSA) is 21.3 Å². The maximum atomic E-state index is 13.1. The molecule has 1 N–H and O–H groups in total. The van der Waals surface area contributed by atoms with E-state index >= 15 is 0 Å². The van der Waals surface area contributed by atoms with Crippen LogP contribution in [0.2, 0.25) is 0 Å². The molecule has 0 spiro atoms. The number of hydrogen-bond acceptors (Lipinski definition) is 2. The Balaban J connectivity index is 2.07. The lowest BCUT2D eigenvalue weighted by Gasteiger charge is -2.10. The zero-order valence-corrected chi connectivity index (χ0v) is 13.4. The molecule has 0 radical (unpaired) electrons. The van der Waals surface area contributed by atoms with Crippen molar-refractivity contribution in [2.45, 2.75) is 6.54 Å². The Morgan fingerprint density at radius 2 is 1.89 bits per heavy atom. The predicted molar refractivity (Wildman–Crippen MR) is 82.1 cm³/mol. The van der Waals surface area contributed by atoms with Crippen LogP contribution in [0.4, 0.5) is 10.1 Å². The maximum absolute atomic E-state index is 13.1. The van der Waals surface area contributed by atoms with E-state index < -0.39 is 0 Å². The van der Waals surface area contributed by atoms with Gasteiger partial charge in [0.2, 0.25) is 0 Å². The molecule has 19 heavy (non-hydrogen) atoms. The highest BCUT2D eigenvalue weighted by Crippen LogP contribution is 2.28. The molecule has 0 saturated heterocycles. The number of methoxy groups -OCH3 is 1. The lowest BCUT2D eigenvalue weighted by atomic mass is 10.2. The molecule has 0 saturated carbocycles. The monoisotopic (exact) mass is 387 g/mol. The third kappa shape index (κ3) is 3.70. The summed E-state index contributed by atoms with van der Waals surface area (Å²) >= 11 is 6.58. The molecule has 0 amide bonds. The van der Waals surface area contributed by atoms with E-state index in [1.54, 1.807) is 19.2 Å². The molecule has 0 aliphatic carbocycles. The van der Waals surface area contributed by atoms with Gasteiger partial charge >= 0.3 is 0 Å². The van der Waals surface area contributed by atoms with Crippen LogP contribution in [0.25, 0.3) is 0 Å². The second kappa shape index (κ2) is 6.39. The summed E-state index contributed by atoms with van der Waals surface area (Å²) in [4.78, 5) is 0. The van der Waals surface area contributed by atoms with Crippen molar-refractivity contribution in [2.24, 2.45) is 0 Å². The Hall–Kier alpha value is -1.07. The lowest BCUT2D eigenvalue weighted by Crippen LogP contribution is -2.00. The minimum Gasteiger partial charge on any atom is -0.495 e. The van der Waals surface area contributed by atoms with Gasteiger partial charge in [-0.25, -0.2) is 4.39 Å². The molecule has 0 bridgehead atoms. The van der Waals surface area contributed by atoms with Crippen LogP contribution >= 0.6 is 31.9 Å². The van der Waals surface area contributed by atoms with Gasteiger partial charge in [-0.2, -0.15) is 0 Å². The zero-order valence-electron chi connectivity index (χ0n) is 10.2. The summed E-state index contributed by atoms with van der Waals surface area (Å²) < 4.78 is 19.7. The molecule has 100 valence electrons. The molecular formula is C14H12Br2FNO. The van der Waals surface area contributed by atoms with Crippen LogP contribution in [0, 0.1) is 5.82 Å². The zero-order chi connectivity index (χ0) is 13.8. The molecule has 0 heterocycles. The van der Waals surface area contributed by atoms with Gasteiger partial charge in [-0.3, -0.25) is 0 Å². The van der Waals surface area contributed by atoms with Crippen LogP contribution in [0.3, 0.4) is 0 Å². The fourth-order valence-electron chi connectivity index (χ4n) is 1.62. The number of rotatable bonds is 4. The highest BCUT2D eigenvalue weighted by atomic mass is 79.9. The number of nitrogens with one attached hydrogen (secondary N) is 1. The fraction of sp³-hybridized carbons (Fsp3) is 0.143. The summed E-state index contributed by atoms with van der Waals surface area (Å²) in [6.45, 7) is 0.615. The van der Waals surface area contributed by atoms with Gasteiger partial charge in [0, 0.05) is 18.3 Å². The van der Waals surface area contributed by atoms with E-state index in [4.69, 9.17) is 4.74 Å². The quantitative estimate of drug-likeness (QED) is 0.798. The molecule has 2 aromatic rings. The van der Waals surface area contributed by atoms with Crippen LogP contribution in [0.5, 0.6) is 5.75 Å². The summed E-state index contributed by atoms with van der Waals surface area (Å²) in [5.41, 5.74) is 1.94. The summed E-state index contributed by atoms with van der Waals surface area (Å²) in [6.07, 6.45) is 0. The number of hydrogen-bond donors (Lipinski definition) is 1. The summed E-state index contributed by atoms with van der Waals surface area (Å²) in [7, 11) is 1.63. The van der Waals surface area contributed by atoms with Gasteiger partial charge in [-0.05, 0) is 61.7 Å². The molecule has 0 unspecified atom stereocenters.